The summed E-state index contributed by atoms with van der Waals surface area (Å²) in [6.07, 6.45) is 3.19. The number of anilines is 2. The first-order valence-electron chi connectivity index (χ1n) is 6.20. The Kier molecular flexibility index (Phi) is 3.11. The third-order valence-corrected chi connectivity index (χ3v) is 3.00. The van der Waals surface area contributed by atoms with E-state index < -0.39 is 0 Å². The van der Waals surface area contributed by atoms with Crippen LogP contribution in [0.25, 0.3) is 5.69 Å². The van der Waals surface area contributed by atoms with E-state index in [4.69, 9.17) is 5.73 Å². The molecule has 1 amide bonds. The van der Waals surface area contributed by atoms with Gasteiger partial charge in [-0.05, 0) is 40.8 Å². The van der Waals surface area contributed by atoms with Crippen LogP contribution in [0.15, 0.2) is 42.9 Å². The molecule has 2 heterocycles. The first kappa shape index (κ1) is 12.9. The van der Waals surface area contributed by atoms with Crippen molar-refractivity contribution < 1.29 is 4.79 Å². The van der Waals surface area contributed by atoms with Gasteiger partial charge in [0.05, 0.1) is 11.4 Å². The van der Waals surface area contributed by atoms with Gasteiger partial charge < -0.3 is 15.6 Å². The van der Waals surface area contributed by atoms with Crippen molar-refractivity contribution >= 4 is 17.3 Å². The highest BCUT2D eigenvalue weighted by molar-refractivity contribution is 6.03. The van der Waals surface area contributed by atoms with Crippen LogP contribution in [0.2, 0.25) is 0 Å². The smallest absolute Gasteiger partial charge is 0.272 e. The van der Waals surface area contributed by atoms with E-state index in [1.165, 1.54) is 11.0 Å². The van der Waals surface area contributed by atoms with Gasteiger partial charge in [-0.3, -0.25) is 4.79 Å². The first-order chi connectivity index (χ1) is 10.1. The highest BCUT2D eigenvalue weighted by atomic mass is 16.1. The number of hydrogen-bond donors (Lipinski definition) is 2. The van der Waals surface area contributed by atoms with E-state index in [1.807, 2.05) is 12.1 Å². The van der Waals surface area contributed by atoms with E-state index >= 15 is 0 Å². The van der Waals surface area contributed by atoms with Gasteiger partial charge in [0, 0.05) is 18.9 Å². The summed E-state index contributed by atoms with van der Waals surface area (Å²) >= 11 is 0. The van der Waals surface area contributed by atoms with Crippen LogP contribution in [0.5, 0.6) is 0 Å². The molecule has 0 bridgehead atoms. The Morgan fingerprint density at radius 1 is 1.29 bits per heavy atom. The van der Waals surface area contributed by atoms with Crippen LogP contribution < -0.4 is 11.1 Å². The molecule has 0 fully saturated rings. The summed E-state index contributed by atoms with van der Waals surface area (Å²) in [5.41, 5.74) is 8.20. The highest BCUT2D eigenvalue weighted by Crippen LogP contribution is 2.15. The first-order valence-corrected chi connectivity index (χ1v) is 6.20. The van der Waals surface area contributed by atoms with Gasteiger partial charge in [0.2, 0.25) is 0 Å². The number of nitrogens with one attached hydrogen (secondary N) is 1. The van der Waals surface area contributed by atoms with Crippen molar-refractivity contribution in [3.8, 4) is 5.69 Å². The van der Waals surface area contributed by atoms with Crippen LogP contribution in [0.1, 0.15) is 10.5 Å². The van der Waals surface area contributed by atoms with Crippen molar-refractivity contribution in [1.29, 1.82) is 0 Å². The minimum absolute atomic E-state index is 0.218. The predicted molar refractivity (Wildman–Crippen MR) is 76.9 cm³/mol. The van der Waals surface area contributed by atoms with Crippen molar-refractivity contribution in [2.45, 2.75) is 0 Å². The van der Waals surface area contributed by atoms with E-state index in [9.17, 15) is 4.79 Å². The summed E-state index contributed by atoms with van der Waals surface area (Å²) in [5, 5.41) is 13.7. The Morgan fingerprint density at radius 3 is 2.62 bits per heavy atom. The SMILES string of the molecule is Cn1cc(N)cc1C(=O)Nc1ccc(-n2cnnn2)cc1. The molecule has 0 saturated heterocycles. The molecule has 3 N–H and O–H groups in total. The average Bonchev–Trinajstić information content (AvgIpc) is 3.09. The van der Waals surface area contributed by atoms with E-state index in [0.29, 0.717) is 17.1 Å². The molecular formula is C13H13N7O. The van der Waals surface area contributed by atoms with Crippen LogP contribution >= 0.6 is 0 Å². The maximum Gasteiger partial charge on any atom is 0.272 e. The number of carbonyl (C=O) groups is 1. The van der Waals surface area contributed by atoms with E-state index in [2.05, 4.69) is 20.8 Å². The molecule has 3 aromatic rings. The van der Waals surface area contributed by atoms with Gasteiger partial charge in [-0.15, -0.1) is 5.10 Å². The summed E-state index contributed by atoms with van der Waals surface area (Å²) in [5.74, 6) is -0.218. The predicted octanol–water partition coefficient (Wildman–Crippen LogP) is 0.835. The van der Waals surface area contributed by atoms with Crippen molar-refractivity contribution in [3.05, 3.63) is 48.5 Å². The quantitative estimate of drug-likeness (QED) is 0.741. The monoisotopic (exact) mass is 283 g/mol. The Bertz CT molecular complexity index is 758. The second kappa shape index (κ2) is 5.08. The number of hydrogen-bond acceptors (Lipinski definition) is 5. The lowest BCUT2D eigenvalue weighted by molar-refractivity contribution is 0.101. The van der Waals surface area contributed by atoms with Gasteiger partial charge in [-0.1, -0.05) is 0 Å². The summed E-state index contributed by atoms with van der Waals surface area (Å²) in [7, 11) is 1.77. The Labute approximate surface area is 120 Å². The lowest BCUT2D eigenvalue weighted by Gasteiger charge is -2.07. The number of nitrogens with zero attached hydrogens (tertiary/aromatic N) is 5. The highest BCUT2D eigenvalue weighted by Gasteiger charge is 2.11. The number of aryl methyl sites for hydroxylation is 1. The number of carbonyl (C=O) groups excluding carboxylic acids is 1. The van der Waals surface area contributed by atoms with Crippen LogP contribution in [0.4, 0.5) is 11.4 Å². The normalized spacial score (nSPS) is 10.5. The van der Waals surface area contributed by atoms with Crippen molar-refractivity contribution in [1.82, 2.24) is 24.8 Å². The van der Waals surface area contributed by atoms with Gasteiger partial charge >= 0.3 is 0 Å². The number of nitrogens with two attached hydrogens (primary N) is 1. The number of benzene rings is 1. The molecule has 0 aliphatic heterocycles. The zero-order valence-electron chi connectivity index (χ0n) is 11.3. The van der Waals surface area contributed by atoms with E-state index in [1.54, 1.807) is 36.0 Å². The number of tetrazole rings is 1. The van der Waals surface area contributed by atoms with E-state index in [0.717, 1.165) is 5.69 Å². The molecule has 0 aliphatic rings. The summed E-state index contributed by atoms with van der Waals surface area (Å²) in [6, 6.07) is 8.81. The lowest BCUT2D eigenvalue weighted by atomic mass is 10.2. The summed E-state index contributed by atoms with van der Waals surface area (Å²) in [4.78, 5) is 12.1. The molecule has 0 atom stereocenters. The molecule has 8 nitrogen and oxygen atoms in total. The molecule has 3 rings (SSSR count). The number of nitrogen functional groups attached to an aromatic ring is 1. The Balaban J connectivity index is 1.76. The molecule has 21 heavy (non-hydrogen) atoms. The molecule has 0 aliphatic carbocycles. The zero-order chi connectivity index (χ0) is 14.8. The van der Waals surface area contributed by atoms with Gasteiger partial charge in [0.1, 0.15) is 12.0 Å². The van der Waals surface area contributed by atoms with Crippen molar-refractivity contribution in [3.63, 3.8) is 0 Å². The molecular weight excluding hydrogens is 270 g/mol. The average molecular weight is 283 g/mol. The minimum atomic E-state index is -0.218. The van der Waals surface area contributed by atoms with Gasteiger partial charge in [0.15, 0.2) is 0 Å². The Morgan fingerprint density at radius 2 is 2.05 bits per heavy atom. The number of amides is 1. The fraction of sp³-hybridized carbons (Fsp3) is 0.0769. The Hall–Kier alpha value is -3.16. The largest absolute Gasteiger partial charge is 0.397 e. The standard InChI is InChI=1S/C13H13N7O/c1-19-7-9(14)6-12(19)13(21)16-10-2-4-11(5-3-10)20-8-15-17-18-20/h2-8H,14H2,1H3,(H,16,21). The summed E-state index contributed by atoms with van der Waals surface area (Å²) < 4.78 is 3.21. The fourth-order valence-electron chi connectivity index (χ4n) is 1.99. The third-order valence-electron chi connectivity index (χ3n) is 3.00. The zero-order valence-corrected chi connectivity index (χ0v) is 11.3. The maximum absolute atomic E-state index is 12.1. The summed E-state index contributed by atoms with van der Waals surface area (Å²) in [6.45, 7) is 0. The van der Waals surface area contributed by atoms with Crippen LogP contribution in [-0.4, -0.2) is 30.7 Å². The molecule has 1 aromatic carbocycles. The van der Waals surface area contributed by atoms with Crippen LogP contribution in [-0.2, 0) is 7.05 Å². The maximum atomic E-state index is 12.1. The molecule has 2 aromatic heterocycles. The van der Waals surface area contributed by atoms with Crippen LogP contribution in [0.3, 0.4) is 0 Å². The molecule has 0 spiro atoms. The van der Waals surface area contributed by atoms with Crippen molar-refractivity contribution in [2.75, 3.05) is 11.1 Å². The molecule has 0 unspecified atom stereocenters. The minimum Gasteiger partial charge on any atom is -0.397 e. The van der Waals surface area contributed by atoms with Gasteiger partial charge in [-0.25, -0.2) is 4.68 Å². The molecule has 0 saturated carbocycles. The third kappa shape index (κ3) is 2.59. The van der Waals surface area contributed by atoms with Gasteiger partial charge in [0.25, 0.3) is 5.91 Å². The second-order valence-corrected chi connectivity index (χ2v) is 4.52. The second-order valence-electron chi connectivity index (χ2n) is 4.52. The number of aromatic nitrogens is 5. The van der Waals surface area contributed by atoms with Gasteiger partial charge in [-0.2, -0.15) is 0 Å². The fourth-order valence-corrected chi connectivity index (χ4v) is 1.99. The lowest BCUT2D eigenvalue weighted by Crippen LogP contribution is -2.15. The molecule has 106 valence electrons. The van der Waals surface area contributed by atoms with Crippen LogP contribution in [0, 0.1) is 0 Å². The number of rotatable bonds is 3. The van der Waals surface area contributed by atoms with Crippen molar-refractivity contribution in [2.24, 2.45) is 7.05 Å². The molecule has 8 heteroatoms. The molecule has 0 radical (unpaired) electrons. The van der Waals surface area contributed by atoms with E-state index in [-0.39, 0.29) is 5.91 Å². The topological polar surface area (TPSA) is 104 Å².